The normalized spacial score (nSPS) is 11.1. The predicted octanol–water partition coefficient (Wildman–Crippen LogP) is 8.43. The molecular formula is C32H41ClO6. The van der Waals surface area contributed by atoms with Crippen LogP contribution in [0.5, 0.6) is 28.7 Å². The summed E-state index contributed by atoms with van der Waals surface area (Å²) in [4.78, 5) is 13.2. The Bertz CT molecular complexity index is 1210. The number of hydrogen-bond acceptors (Lipinski definition) is 6. The zero-order valence-electron chi connectivity index (χ0n) is 23.8. The van der Waals surface area contributed by atoms with E-state index in [0.717, 1.165) is 37.0 Å². The van der Waals surface area contributed by atoms with Crippen molar-refractivity contribution in [2.75, 3.05) is 26.4 Å². The number of esters is 1. The van der Waals surface area contributed by atoms with Gasteiger partial charge in [0.05, 0.1) is 32.8 Å². The molecule has 0 unspecified atom stereocenters. The maximum Gasteiger partial charge on any atom is 0.315 e. The van der Waals surface area contributed by atoms with E-state index in [1.54, 1.807) is 6.07 Å². The Hall–Kier alpha value is -3.12. The lowest BCUT2D eigenvalue weighted by atomic mass is 10.1. The molecule has 39 heavy (non-hydrogen) atoms. The highest BCUT2D eigenvalue weighted by Gasteiger charge is 2.27. The largest absolute Gasteiger partial charge is 0.494 e. The Morgan fingerprint density at radius 1 is 0.769 bits per heavy atom. The minimum Gasteiger partial charge on any atom is -0.494 e. The Kier molecular flexibility index (Phi) is 12.1. The van der Waals surface area contributed by atoms with Gasteiger partial charge in [0.2, 0.25) is 11.5 Å². The maximum atomic E-state index is 13.2. The first-order valence-electron chi connectivity index (χ1n) is 14.0. The first-order valence-corrected chi connectivity index (χ1v) is 14.4. The number of fused-ring (bicyclic) bond motifs is 1. The molecule has 0 saturated heterocycles. The van der Waals surface area contributed by atoms with Crippen molar-refractivity contribution in [2.45, 2.75) is 66.7 Å². The summed E-state index contributed by atoms with van der Waals surface area (Å²) in [6.07, 6.45) is 3.60. The molecule has 0 saturated carbocycles. The molecule has 3 rings (SSSR count). The van der Waals surface area contributed by atoms with Gasteiger partial charge in [-0.05, 0) is 74.4 Å². The first-order chi connectivity index (χ1) is 18.9. The van der Waals surface area contributed by atoms with Crippen LogP contribution in [-0.2, 0) is 11.2 Å². The molecule has 0 atom stereocenters. The number of benzene rings is 3. The lowest BCUT2D eigenvalue weighted by Gasteiger charge is -2.22. The van der Waals surface area contributed by atoms with E-state index in [4.69, 9.17) is 35.3 Å². The zero-order valence-corrected chi connectivity index (χ0v) is 24.6. The number of carbonyl (C=O) groups is 1. The van der Waals surface area contributed by atoms with E-state index in [0.29, 0.717) is 71.1 Å². The standard InChI is InChI=1S/C32H41ClO6/c1-6-17-36-31-29(38-19-9-10-22(4)5)27-21-24(33)13-16-26(27)30(32(31)37-18-7-2)39-28(34)20-23-11-14-25(15-12-23)35-8-3/h11-16,21-22H,6-10,17-20H2,1-5H3. The summed E-state index contributed by atoms with van der Waals surface area (Å²) in [6.45, 7) is 12.4. The monoisotopic (exact) mass is 556 g/mol. The van der Waals surface area contributed by atoms with Crippen LogP contribution in [0.25, 0.3) is 10.8 Å². The quantitative estimate of drug-likeness (QED) is 0.100. The molecule has 3 aromatic rings. The van der Waals surface area contributed by atoms with E-state index >= 15 is 0 Å². The highest BCUT2D eigenvalue weighted by atomic mass is 35.5. The molecule has 0 aliphatic heterocycles. The average Bonchev–Trinajstić information content (AvgIpc) is 2.91. The van der Waals surface area contributed by atoms with Crippen molar-refractivity contribution < 1.29 is 28.5 Å². The van der Waals surface area contributed by atoms with Crippen LogP contribution < -0.4 is 23.7 Å². The summed E-state index contributed by atoms with van der Waals surface area (Å²) in [7, 11) is 0. The third-order valence-corrected chi connectivity index (χ3v) is 6.20. The predicted molar refractivity (Wildman–Crippen MR) is 157 cm³/mol. The third-order valence-electron chi connectivity index (χ3n) is 5.96. The summed E-state index contributed by atoms with van der Waals surface area (Å²) in [5.74, 6) is 2.61. The van der Waals surface area contributed by atoms with Gasteiger partial charge in [-0.15, -0.1) is 0 Å². The van der Waals surface area contributed by atoms with Crippen molar-refractivity contribution in [1.82, 2.24) is 0 Å². The molecule has 0 bridgehead atoms. The van der Waals surface area contributed by atoms with Gasteiger partial charge in [-0.2, -0.15) is 0 Å². The molecule has 0 aliphatic rings. The fourth-order valence-corrected chi connectivity index (χ4v) is 4.29. The minimum atomic E-state index is -0.413. The maximum absolute atomic E-state index is 13.2. The van der Waals surface area contributed by atoms with Crippen LogP contribution in [0.15, 0.2) is 42.5 Å². The van der Waals surface area contributed by atoms with Gasteiger partial charge in [0.25, 0.3) is 0 Å². The number of ether oxygens (including phenoxy) is 5. The van der Waals surface area contributed by atoms with Crippen molar-refractivity contribution in [3.8, 4) is 28.7 Å². The number of rotatable bonds is 16. The molecule has 7 heteroatoms. The van der Waals surface area contributed by atoms with Crippen LogP contribution in [0.2, 0.25) is 5.02 Å². The van der Waals surface area contributed by atoms with E-state index in [1.165, 1.54) is 0 Å². The number of carbonyl (C=O) groups excluding carboxylic acids is 1. The Morgan fingerprint density at radius 3 is 2.03 bits per heavy atom. The summed E-state index contributed by atoms with van der Waals surface area (Å²) in [5.41, 5.74) is 0.819. The van der Waals surface area contributed by atoms with Gasteiger partial charge >= 0.3 is 5.97 Å². The molecule has 212 valence electrons. The molecular weight excluding hydrogens is 516 g/mol. The van der Waals surface area contributed by atoms with Crippen molar-refractivity contribution in [1.29, 1.82) is 0 Å². The van der Waals surface area contributed by atoms with E-state index in [9.17, 15) is 4.79 Å². The van der Waals surface area contributed by atoms with Gasteiger partial charge in [-0.25, -0.2) is 0 Å². The summed E-state index contributed by atoms with van der Waals surface area (Å²) >= 11 is 6.43. The molecule has 0 spiro atoms. The molecule has 0 aromatic heterocycles. The first kappa shape index (κ1) is 30.4. The number of hydrogen-bond donors (Lipinski definition) is 0. The molecule has 0 amide bonds. The smallest absolute Gasteiger partial charge is 0.315 e. The molecule has 0 radical (unpaired) electrons. The fraction of sp³-hybridized carbons (Fsp3) is 0.469. The van der Waals surface area contributed by atoms with E-state index < -0.39 is 5.97 Å². The SMILES string of the molecule is CCCOc1c(OCCC)c(OC(=O)Cc2ccc(OCC)cc2)c2ccc(Cl)cc2c1OCCCC(C)C. The van der Waals surface area contributed by atoms with Gasteiger partial charge < -0.3 is 23.7 Å². The molecule has 6 nitrogen and oxygen atoms in total. The second-order valence-corrected chi connectivity index (χ2v) is 10.3. The second-order valence-electron chi connectivity index (χ2n) is 9.82. The zero-order chi connectivity index (χ0) is 28.2. The third kappa shape index (κ3) is 8.69. The second kappa shape index (κ2) is 15.5. The Labute approximate surface area is 237 Å². The summed E-state index contributed by atoms with van der Waals surface area (Å²) in [5, 5.41) is 1.93. The molecule has 0 aliphatic carbocycles. The van der Waals surface area contributed by atoms with Gasteiger partial charge in [0.1, 0.15) is 5.75 Å². The summed E-state index contributed by atoms with van der Waals surface area (Å²) in [6, 6.07) is 12.8. The highest BCUT2D eigenvalue weighted by Crippen LogP contribution is 2.52. The van der Waals surface area contributed by atoms with E-state index in [1.807, 2.05) is 57.2 Å². The van der Waals surface area contributed by atoms with E-state index in [-0.39, 0.29) is 6.42 Å². The minimum absolute atomic E-state index is 0.0906. The molecule has 3 aromatic carbocycles. The van der Waals surface area contributed by atoms with Crippen LogP contribution in [0.1, 0.15) is 65.9 Å². The van der Waals surface area contributed by atoms with Crippen LogP contribution in [0, 0.1) is 5.92 Å². The Balaban J connectivity index is 2.05. The molecule has 0 N–H and O–H groups in total. The summed E-state index contributed by atoms with van der Waals surface area (Å²) < 4.78 is 30.3. The van der Waals surface area contributed by atoms with Crippen LogP contribution in [0.3, 0.4) is 0 Å². The van der Waals surface area contributed by atoms with Crippen molar-refractivity contribution in [3.63, 3.8) is 0 Å². The van der Waals surface area contributed by atoms with Crippen molar-refractivity contribution >= 4 is 28.3 Å². The molecule has 0 fully saturated rings. The van der Waals surface area contributed by atoms with Crippen LogP contribution in [-0.4, -0.2) is 32.4 Å². The molecule has 0 heterocycles. The van der Waals surface area contributed by atoms with Crippen LogP contribution in [0.4, 0.5) is 0 Å². The van der Waals surface area contributed by atoms with E-state index in [2.05, 4.69) is 13.8 Å². The van der Waals surface area contributed by atoms with Gasteiger partial charge in [-0.1, -0.05) is 51.4 Å². The number of halogens is 1. The van der Waals surface area contributed by atoms with Crippen LogP contribution >= 0.6 is 11.6 Å². The lowest BCUT2D eigenvalue weighted by molar-refractivity contribution is -0.133. The fourth-order valence-electron chi connectivity index (χ4n) is 4.12. The van der Waals surface area contributed by atoms with Gasteiger partial charge in [0.15, 0.2) is 11.5 Å². The van der Waals surface area contributed by atoms with Crippen molar-refractivity contribution in [3.05, 3.63) is 53.1 Å². The average molecular weight is 557 g/mol. The Morgan fingerprint density at radius 2 is 1.41 bits per heavy atom. The highest BCUT2D eigenvalue weighted by molar-refractivity contribution is 6.31. The topological polar surface area (TPSA) is 63.2 Å². The van der Waals surface area contributed by atoms with Gasteiger partial charge in [-0.3, -0.25) is 4.79 Å². The van der Waals surface area contributed by atoms with Gasteiger partial charge in [0, 0.05) is 15.8 Å². The lowest BCUT2D eigenvalue weighted by Crippen LogP contribution is -2.14. The van der Waals surface area contributed by atoms with Crippen molar-refractivity contribution in [2.24, 2.45) is 5.92 Å².